The van der Waals surface area contributed by atoms with Crippen molar-refractivity contribution >= 4 is 38.7 Å². The fourth-order valence-corrected chi connectivity index (χ4v) is 2.52. The maximum absolute atomic E-state index is 11.4. The number of hydrogen-bond acceptors (Lipinski definition) is 3. The molecule has 0 fully saturated rings. The number of benzene rings is 2. The molecule has 0 aliphatic carbocycles. The van der Waals surface area contributed by atoms with Crippen molar-refractivity contribution in [3.8, 4) is 0 Å². The number of nitrogens with one attached hydrogen (secondary N) is 2. The lowest BCUT2D eigenvalue weighted by atomic mass is 10.2. The molecule has 0 saturated carbocycles. The Morgan fingerprint density at radius 2 is 1.55 bits per heavy atom. The lowest BCUT2D eigenvalue weighted by Crippen LogP contribution is -2.11. The van der Waals surface area contributed by atoms with Gasteiger partial charge >= 0.3 is 0 Å². The number of rotatable bonds is 4. The van der Waals surface area contributed by atoms with Crippen molar-refractivity contribution in [2.24, 2.45) is 0 Å². The first-order chi connectivity index (χ1) is 9.37. The van der Waals surface area contributed by atoms with E-state index >= 15 is 0 Å². The van der Waals surface area contributed by atoms with Gasteiger partial charge in [0.1, 0.15) is 0 Å². The van der Waals surface area contributed by atoms with Crippen LogP contribution in [0.25, 0.3) is 0 Å². The first-order valence-electron chi connectivity index (χ1n) is 5.96. The van der Waals surface area contributed by atoms with Gasteiger partial charge in [-0.3, -0.25) is 4.72 Å². The molecule has 20 heavy (non-hydrogen) atoms. The molecule has 0 radical (unpaired) electrons. The number of hydrogen-bond donors (Lipinski definition) is 2. The van der Waals surface area contributed by atoms with Crippen molar-refractivity contribution in [1.82, 2.24) is 0 Å². The molecule has 0 saturated heterocycles. The monoisotopic (exact) mass is 310 g/mol. The third-order valence-electron chi connectivity index (χ3n) is 2.76. The van der Waals surface area contributed by atoms with E-state index in [2.05, 4.69) is 10.0 Å². The Morgan fingerprint density at radius 1 is 0.950 bits per heavy atom. The Kier molecular flexibility index (Phi) is 4.20. The zero-order chi connectivity index (χ0) is 14.8. The first-order valence-corrected chi connectivity index (χ1v) is 8.23. The van der Waals surface area contributed by atoms with Crippen molar-refractivity contribution in [3.05, 3.63) is 53.1 Å². The van der Waals surface area contributed by atoms with E-state index in [-0.39, 0.29) is 0 Å². The molecule has 2 N–H and O–H groups in total. The van der Waals surface area contributed by atoms with Crippen LogP contribution >= 0.6 is 11.6 Å². The fraction of sp³-hybridized carbons (Fsp3) is 0.143. The highest BCUT2D eigenvalue weighted by molar-refractivity contribution is 7.92. The van der Waals surface area contributed by atoms with Crippen molar-refractivity contribution < 1.29 is 8.42 Å². The molecule has 0 amide bonds. The van der Waals surface area contributed by atoms with Crippen molar-refractivity contribution in [1.29, 1.82) is 0 Å². The average Bonchev–Trinajstić information content (AvgIpc) is 2.35. The quantitative estimate of drug-likeness (QED) is 0.904. The number of halogens is 1. The predicted molar refractivity (Wildman–Crippen MR) is 84.4 cm³/mol. The highest BCUT2D eigenvalue weighted by atomic mass is 35.5. The molecule has 2 aromatic carbocycles. The van der Waals surface area contributed by atoms with Gasteiger partial charge in [-0.1, -0.05) is 29.8 Å². The summed E-state index contributed by atoms with van der Waals surface area (Å²) in [7, 11) is -3.33. The standard InChI is InChI=1S/C14H15ClN2O2S/c1-10-11(15)6-5-9-12(10)16-13-7-3-4-8-14(13)17-20(2,18)19/h3-9,16-17H,1-2H3. The molecule has 2 rings (SSSR count). The Labute approximate surface area is 123 Å². The normalized spacial score (nSPS) is 11.2. The summed E-state index contributed by atoms with van der Waals surface area (Å²) >= 11 is 6.07. The Hall–Kier alpha value is -1.72. The zero-order valence-electron chi connectivity index (χ0n) is 11.1. The molecule has 0 bridgehead atoms. The average molecular weight is 311 g/mol. The van der Waals surface area contributed by atoms with Gasteiger partial charge in [-0.2, -0.15) is 0 Å². The van der Waals surface area contributed by atoms with Crippen LogP contribution < -0.4 is 10.0 Å². The molecular weight excluding hydrogens is 296 g/mol. The van der Waals surface area contributed by atoms with Gasteiger partial charge in [0.25, 0.3) is 0 Å². The molecule has 0 unspecified atom stereocenters. The van der Waals surface area contributed by atoms with E-state index in [1.165, 1.54) is 0 Å². The molecule has 2 aromatic rings. The number of sulfonamides is 1. The smallest absolute Gasteiger partial charge is 0.229 e. The summed E-state index contributed by atoms with van der Waals surface area (Å²) in [5.41, 5.74) is 2.90. The first kappa shape index (κ1) is 14.7. The van der Waals surface area contributed by atoms with Gasteiger partial charge in [0.2, 0.25) is 10.0 Å². The largest absolute Gasteiger partial charge is 0.354 e. The van der Waals surface area contributed by atoms with Gasteiger partial charge < -0.3 is 5.32 Å². The van der Waals surface area contributed by atoms with Crippen LogP contribution in [-0.4, -0.2) is 14.7 Å². The second-order valence-corrected chi connectivity index (χ2v) is 6.61. The van der Waals surface area contributed by atoms with Crippen LogP contribution in [0.1, 0.15) is 5.56 Å². The highest BCUT2D eigenvalue weighted by Gasteiger charge is 2.08. The molecule has 0 spiro atoms. The zero-order valence-corrected chi connectivity index (χ0v) is 12.7. The van der Waals surface area contributed by atoms with Crippen LogP contribution in [0.5, 0.6) is 0 Å². The molecule has 0 aliphatic heterocycles. The SMILES string of the molecule is Cc1c(Cl)cccc1Nc1ccccc1NS(C)(=O)=O. The Balaban J connectivity index is 2.37. The van der Waals surface area contributed by atoms with Crippen LogP contribution in [0.15, 0.2) is 42.5 Å². The molecule has 4 nitrogen and oxygen atoms in total. The molecule has 0 aromatic heterocycles. The minimum atomic E-state index is -3.33. The van der Waals surface area contributed by atoms with Crippen LogP contribution in [0.3, 0.4) is 0 Å². The summed E-state index contributed by atoms with van der Waals surface area (Å²) in [6.45, 7) is 1.90. The fourth-order valence-electron chi connectivity index (χ4n) is 1.77. The van der Waals surface area contributed by atoms with Crippen molar-refractivity contribution in [2.75, 3.05) is 16.3 Å². The number of para-hydroxylation sites is 2. The minimum absolute atomic E-state index is 0.495. The van der Waals surface area contributed by atoms with Crippen molar-refractivity contribution in [2.45, 2.75) is 6.92 Å². The second-order valence-electron chi connectivity index (χ2n) is 4.46. The van der Waals surface area contributed by atoms with Crippen molar-refractivity contribution in [3.63, 3.8) is 0 Å². The van der Waals surface area contributed by atoms with E-state index in [4.69, 9.17) is 11.6 Å². The van der Waals surface area contributed by atoms with Crippen LogP contribution in [0.2, 0.25) is 5.02 Å². The van der Waals surface area contributed by atoms with E-state index in [9.17, 15) is 8.42 Å². The molecule has 0 heterocycles. The molecular formula is C14H15ClN2O2S. The molecule has 106 valence electrons. The summed E-state index contributed by atoms with van der Waals surface area (Å²) in [5.74, 6) is 0. The molecule has 6 heteroatoms. The Morgan fingerprint density at radius 3 is 2.20 bits per heavy atom. The highest BCUT2D eigenvalue weighted by Crippen LogP contribution is 2.30. The third-order valence-corrected chi connectivity index (χ3v) is 3.76. The van der Waals surface area contributed by atoms with Gasteiger partial charge in [0, 0.05) is 10.7 Å². The summed E-state index contributed by atoms with van der Waals surface area (Å²) in [4.78, 5) is 0. The lowest BCUT2D eigenvalue weighted by molar-refractivity contribution is 0.607. The summed E-state index contributed by atoms with van der Waals surface area (Å²) in [6.07, 6.45) is 1.12. The maximum Gasteiger partial charge on any atom is 0.229 e. The van der Waals surface area contributed by atoms with Crippen LogP contribution in [0.4, 0.5) is 17.1 Å². The van der Waals surface area contributed by atoms with Gasteiger partial charge in [0.05, 0.1) is 17.6 Å². The van der Waals surface area contributed by atoms with Gasteiger partial charge in [-0.05, 0) is 36.8 Å². The topological polar surface area (TPSA) is 58.2 Å². The van der Waals surface area contributed by atoms with Gasteiger partial charge in [-0.25, -0.2) is 8.42 Å². The van der Waals surface area contributed by atoms with E-state index in [1.54, 1.807) is 18.2 Å². The Bertz CT molecular complexity index is 730. The van der Waals surface area contributed by atoms with Crippen LogP contribution in [-0.2, 0) is 10.0 Å². The van der Waals surface area contributed by atoms with Gasteiger partial charge in [-0.15, -0.1) is 0 Å². The van der Waals surface area contributed by atoms with E-state index < -0.39 is 10.0 Å². The third kappa shape index (κ3) is 3.65. The van der Waals surface area contributed by atoms with Gasteiger partial charge in [0.15, 0.2) is 0 Å². The molecule has 0 aliphatic rings. The predicted octanol–water partition coefficient (Wildman–Crippen LogP) is 3.76. The van der Waals surface area contributed by atoms with E-state index in [0.29, 0.717) is 16.4 Å². The molecule has 0 atom stereocenters. The van der Waals surface area contributed by atoms with Crippen LogP contribution in [0, 0.1) is 6.92 Å². The van der Waals surface area contributed by atoms with E-state index in [0.717, 1.165) is 17.5 Å². The maximum atomic E-state index is 11.4. The number of anilines is 3. The second kappa shape index (κ2) is 5.73. The minimum Gasteiger partial charge on any atom is -0.354 e. The van der Waals surface area contributed by atoms with E-state index in [1.807, 2.05) is 31.2 Å². The summed E-state index contributed by atoms with van der Waals surface area (Å²) < 4.78 is 25.2. The summed E-state index contributed by atoms with van der Waals surface area (Å²) in [6, 6.07) is 12.6. The lowest BCUT2D eigenvalue weighted by Gasteiger charge is -2.14. The summed E-state index contributed by atoms with van der Waals surface area (Å²) in [5, 5.41) is 3.85.